The second-order valence-electron chi connectivity index (χ2n) is 3.02. The Bertz CT molecular complexity index is 184. The SMILES string of the molecule is NCC(C(O)(O)O)(C(O)(O)O)C(O)(O)O. The summed E-state index contributed by atoms with van der Waals surface area (Å²) in [5.74, 6) is -12.9. The second-order valence-corrected chi connectivity index (χ2v) is 3.02. The summed E-state index contributed by atoms with van der Waals surface area (Å²) in [7, 11) is 0. The molecule has 10 nitrogen and oxygen atoms in total. The van der Waals surface area contributed by atoms with Gasteiger partial charge in [0, 0.05) is 6.54 Å². The van der Waals surface area contributed by atoms with Crippen molar-refractivity contribution in [3.05, 3.63) is 0 Å². The summed E-state index contributed by atoms with van der Waals surface area (Å²) >= 11 is 0. The minimum absolute atomic E-state index is 1.51. The first-order valence-electron chi connectivity index (χ1n) is 3.52. The fourth-order valence-electron chi connectivity index (χ4n) is 1.09. The Kier molecular flexibility index (Phi) is 3.47. The summed E-state index contributed by atoms with van der Waals surface area (Å²) in [4.78, 5) is 0. The minimum atomic E-state index is -4.29. The molecule has 92 valence electrons. The normalized spacial score (nSPS) is 15.6. The zero-order valence-electron chi connectivity index (χ0n) is 7.31. The van der Waals surface area contributed by atoms with E-state index in [-0.39, 0.29) is 0 Å². The average Bonchev–Trinajstić information content (AvgIpc) is 1.76. The van der Waals surface area contributed by atoms with E-state index in [9.17, 15) is 0 Å². The highest BCUT2D eigenvalue weighted by Gasteiger charge is 2.73. The molecule has 0 aliphatic rings. The van der Waals surface area contributed by atoms with Crippen LogP contribution in [0.25, 0.3) is 0 Å². The number of hydrogen-bond acceptors (Lipinski definition) is 10. The predicted molar refractivity (Wildman–Crippen MR) is 39.6 cm³/mol. The first-order valence-corrected chi connectivity index (χ1v) is 3.52. The molecule has 0 amide bonds. The molecule has 0 spiro atoms. The molecule has 0 atom stereocenters. The van der Waals surface area contributed by atoms with E-state index in [0.717, 1.165) is 0 Å². The fourth-order valence-corrected chi connectivity index (χ4v) is 1.09. The Morgan fingerprint density at radius 3 is 0.800 bits per heavy atom. The second kappa shape index (κ2) is 3.57. The Labute approximate surface area is 82.7 Å². The van der Waals surface area contributed by atoms with Crippen LogP contribution in [-0.4, -0.2) is 70.4 Å². The van der Waals surface area contributed by atoms with Crippen molar-refractivity contribution in [3.63, 3.8) is 0 Å². The smallest absolute Gasteiger partial charge is 0.298 e. The Balaban J connectivity index is 5.78. The molecule has 0 aliphatic carbocycles. The molecular weight excluding hydrogens is 218 g/mol. The third-order valence-corrected chi connectivity index (χ3v) is 2.02. The van der Waals surface area contributed by atoms with Gasteiger partial charge in [0.1, 0.15) is 0 Å². The highest BCUT2D eigenvalue weighted by Crippen LogP contribution is 2.42. The summed E-state index contributed by atoms with van der Waals surface area (Å²) < 4.78 is 0. The van der Waals surface area contributed by atoms with Gasteiger partial charge in [-0.25, -0.2) is 0 Å². The van der Waals surface area contributed by atoms with E-state index >= 15 is 0 Å². The lowest BCUT2D eigenvalue weighted by Gasteiger charge is -2.47. The largest absolute Gasteiger partial charge is 0.343 e. The van der Waals surface area contributed by atoms with Gasteiger partial charge in [-0.15, -0.1) is 0 Å². The van der Waals surface area contributed by atoms with Gasteiger partial charge in [-0.1, -0.05) is 0 Å². The standard InChI is InChI=1S/C5H13NO9/c6-1-2(3(7,8)9,4(10,11)12)5(13,14)15/h7-15H,1,6H2. The number of nitrogens with two attached hydrogens (primary N) is 1. The number of hydrogen-bond donors (Lipinski definition) is 10. The molecule has 0 unspecified atom stereocenters. The van der Waals surface area contributed by atoms with E-state index in [4.69, 9.17) is 51.7 Å². The van der Waals surface area contributed by atoms with Gasteiger partial charge in [0.15, 0.2) is 0 Å². The van der Waals surface area contributed by atoms with Gasteiger partial charge in [0.05, 0.1) is 0 Å². The fraction of sp³-hybridized carbons (Fsp3) is 1.00. The maximum atomic E-state index is 8.67. The zero-order chi connectivity index (χ0) is 12.7. The van der Waals surface area contributed by atoms with Gasteiger partial charge in [-0.2, -0.15) is 0 Å². The third-order valence-electron chi connectivity index (χ3n) is 2.02. The molecule has 0 saturated carbocycles. The van der Waals surface area contributed by atoms with Gasteiger partial charge in [-0.3, -0.25) is 0 Å². The maximum Gasteiger partial charge on any atom is 0.298 e. The lowest BCUT2D eigenvalue weighted by Crippen LogP contribution is -2.75. The molecule has 15 heavy (non-hydrogen) atoms. The Morgan fingerprint density at radius 1 is 0.600 bits per heavy atom. The average molecular weight is 231 g/mol. The van der Waals surface area contributed by atoms with Crippen molar-refractivity contribution in [2.75, 3.05) is 6.54 Å². The summed E-state index contributed by atoms with van der Waals surface area (Å²) in [5, 5.41) is 78.0. The first-order chi connectivity index (χ1) is 6.31. The van der Waals surface area contributed by atoms with Crippen LogP contribution in [-0.2, 0) is 0 Å². The van der Waals surface area contributed by atoms with E-state index in [1.165, 1.54) is 0 Å². The summed E-state index contributed by atoms with van der Waals surface area (Å²) in [6.45, 7) is -1.51. The van der Waals surface area contributed by atoms with E-state index in [2.05, 4.69) is 0 Å². The van der Waals surface area contributed by atoms with Crippen molar-refractivity contribution in [2.45, 2.75) is 17.9 Å². The molecule has 0 rings (SSSR count). The van der Waals surface area contributed by atoms with Crippen LogP contribution in [0.4, 0.5) is 0 Å². The molecular formula is C5H13NO9. The molecule has 0 aromatic carbocycles. The molecule has 0 aromatic rings. The number of rotatable bonds is 4. The highest BCUT2D eigenvalue weighted by molar-refractivity contribution is 4.97. The monoisotopic (exact) mass is 231 g/mol. The minimum Gasteiger partial charge on any atom is -0.343 e. The van der Waals surface area contributed by atoms with Crippen molar-refractivity contribution in [1.29, 1.82) is 0 Å². The predicted octanol–water partition coefficient (Wildman–Crippen LogP) is -6.18. The summed E-state index contributed by atoms with van der Waals surface area (Å²) in [6.07, 6.45) is 0. The van der Waals surface area contributed by atoms with Crippen LogP contribution >= 0.6 is 0 Å². The van der Waals surface area contributed by atoms with Crippen LogP contribution in [0.1, 0.15) is 0 Å². The van der Waals surface area contributed by atoms with Crippen LogP contribution < -0.4 is 5.73 Å². The van der Waals surface area contributed by atoms with Gasteiger partial charge >= 0.3 is 0 Å². The van der Waals surface area contributed by atoms with Crippen LogP contribution in [0, 0.1) is 5.41 Å². The van der Waals surface area contributed by atoms with Gasteiger partial charge in [-0.05, 0) is 0 Å². The van der Waals surface area contributed by atoms with Gasteiger partial charge < -0.3 is 51.7 Å². The van der Waals surface area contributed by atoms with Crippen molar-refractivity contribution in [1.82, 2.24) is 0 Å². The third kappa shape index (κ3) is 2.09. The van der Waals surface area contributed by atoms with E-state index in [0.29, 0.717) is 0 Å². The molecule has 0 radical (unpaired) electrons. The quantitative estimate of drug-likeness (QED) is 0.207. The van der Waals surface area contributed by atoms with E-state index < -0.39 is 29.9 Å². The highest BCUT2D eigenvalue weighted by atomic mass is 16.7. The van der Waals surface area contributed by atoms with Gasteiger partial charge in [0.25, 0.3) is 17.9 Å². The van der Waals surface area contributed by atoms with Gasteiger partial charge in [0.2, 0.25) is 5.41 Å². The van der Waals surface area contributed by atoms with Crippen molar-refractivity contribution < 1.29 is 46.0 Å². The summed E-state index contributed by atoms with van der Waals surface area (Å²) in [6, 6.07) is 0. The first kappa shape index (κ1) is 14.6. The lowest BCUT2D eigenvalue weighted by molar-refractivity contribution is -0.559. The van der Waals surface area contributed by atoms with E-state index in [1.807, 2.05) is 0 Å². The zero-order valence-corrected chi connectivity index (χ0v) is 7.31. The van der Waals surface area contributed by atoms with Crippen LogP contribution in [0.3, 0.4) is 0 Å². The maximum absolute atomic E-state index is 8.67. The van der Waals surface area contributed by atoms with Crippen molar-refractivity contribution >= 4 is 0 Å². The molecule has 0 aromatic heterocycles. The topological polar surface area (TPSA) is 208 Å². The van der Waals surface area contributed by atoms with Crippen LogP contribution in [0.5, 0.6) is 0 Å². The van der Waals surface area contributed by atoms with Crippen LogP contribution in [0.15, 0.2) is 0 Å². The molecule has 10 heteroatoms. The van der Waals surface area contributed by atoms with E-state index in [1.54, 1.807) is 0 Å². The lowest BCUT2D eigenvalue weighted by atomic mass is 9.79. The van der Waals surface area contributed by atoms with Crippen molar-refractivity contribution in [3.8, 4) is 0 Å². The molecule has 0 bridgehead atoms. The molecule has 0 saturated heterocycles. The summed E-state index contributed by atoms with van der Waals surface area (Å²) in [5.41, 5.74) is 0.858. The Morgan fingerprint density at radius 2 is 0.800 bits per heavy atom. The Hall–Kier alpha value is -0.400. The van der Waals surface area contributed by atoms with Crippen LogP contribution in [0.2, 0.25) is 0 Å². The molecule has 11 N–H and O–H groups in total. The molecule has 0 fully saturated rings. The van der Waals surface area contributed by atoms with Crippen molar-refractivity contribution in [2.24, 2.45) is 11.1 Å². The molecule has 0 aliphatic heterocycles. The number of aliphatic hydroxyl groups is 9. The molecule has 0 heterocycles.